The summed E-state index contributed by atoms with van der Waals surface area (Å²) in [5.41, 5.74) is 10.9. The van der Waals surface area contributed by atoms with Gasteiger partial charge < -0.3 is 15.4 Å². The third-order valence-electron chi connectivity index (χ3n) is 5.51. The van der Waals surface area contributed by atoms with Gasteiger partial charge in [-0.15, -0.1) is 11.3 Å². The Kier molecular flexibility index (Phi) is 6.50. The second kappa shape index (κ2) is 9.65. The fourth-order valence-electron chi connectivity index (χ4n) is 3.97. The van der Waals surface area contributed by atoms with Gasteiger partial charge in [0, 0.05) is 30.1 Å². The highest BCUT2D eigenvalue weighted by molar-refractivity contribution is 7.14. The number of rotatable bonds is 7. The van der Waals surface area contributed by atoms with E-state index in [4.69, 9.17) is 10.5 Å². The van der Waals surface area contributed by atoms with Gasteiger partial charge in [0.15, 0.2) is 0 Å². The van der Waals surface area contributed by atoms with Crippen molar-refractivity contribution in [2.45, 2.75) is 18.8 Å². The first-order valence-corrected chi connectivity index (χ1v) is 11.1. The average Bonchev–Trinajstić information content (AvgIpc) is 3.24. The zero-order chi connectivity index (χ0) is 22.5. The molecule has 4 rings (SSSR count). The lowest BCUT2D eigenvalue weighted by Gasteiger charge is -2.34. The smallest absolute Gasteiger partial charge is 0.293 e. The number of anilines is 3. The summed E-state index contributed by atoms with van der Waals surface area (Å²) in [6.45, 7) is 1.48. The molecule has 3 aromatic rings. The molecule has 1 saturated heterocycles. The minimum absolute atomic E-state index is 0.0724. The summed E-state index contributed by atoms with van der Waals surface area (Å²) in [6.07, 6.45) is 3.34. The Bertz CT molecular complexity index is 1120. The van der Waals surface area contributed by atoms with Crippen LogP contribution in [0.2, 0.25) is 0 Å². The Balaban J connectivity index is 1.46. The van der Waals surface area contributed by atoms with Crippen molar-refractivity contribution < 1.29 is 9.66 Å². The molecule has 0 bridgehead atoms. The molecule has 2 aromatic carbocycles. The van der Waals surface area contributed by atoms with Gasteiger partial charge in [-0.2, -0.15) is 5.10 Å². The van der Waals surface area contributed by atoms with Gasteiger partial charge >= 0.3 is 0 Å². The van der Waals surface area contributed by atoms with E-state index in [0.29, 0.717) is 28.1 Å². The van der Waals surface area contributed by atoms with Crippen molar-refractivity contribution in [3.8, 4) is 5.75 Å². The highest BCUT2D eigenvalue weighted by Crippen LogP contribution is 2.37. The maximum Gasteiger partial charge on any atom is 0.293 e. The zero-order valence-corrected chi connectivity index (χ0v) is 18.4. The van der Waals surface area contributed by atoms with Crippen LogP contribution in [0.3, 0.4) is 0 Å². The monoisotopic (exact) mass is 452 g/mol. The van der Waals surface area contributed by atoms with E-state index in [1.165, 1.54) is 23.1 Å². The highest BCUT2D eigenvalue weighted by Gasteiger charge is 2.27. The van der Waals surface area contributed by atoms with Crippen LogP contribution in [0.4, 0.5) is 22.3 Å². The number of ether oxygens (including phenoxy) is 1. The van der Waals surface area contributed by atoms with Gasteiger partial charge in [0.05, 0.1) is 18.2 Å². The number of hydrogen-bond acceptors (Lipinski definition) is 9. The molecule has 1 aliphatic rings. The van der Waals surface area contributed by atoms with Crippen LogP contribution < -0.4 is 20.8 Å². The number of piperidine rings is 1. The first kappa shape index (κ1) is 21.6. The van der Waals surface area contributed by atoms with Gasteiger partial charge in [0.25, 0.3) is 5.69 Å². The van der Waals surface area contributed by atoms with E-state index in [0.717, 1.165) is 31.7 Å². The number of para-hydroxylation sites is 1. The molecule has 0 spiro atoms. The lowest BCUT2D eigenvalue weighted by atomic mass is 9.88. The quantitative estimate of drug-likeness (QED) is 0.308. The van der Waals surface area contributed by atoms with Crippen LogP contribution in [-0.2, 0) is 0 Å². The van der Waals surface area contributed by atoms with Crippen LogP contribution >= 0.6 is 11.3 Å². The summed E-state index contributed by atoms with van der Waals surface area (Å²) < 4.78 is 5.51. The van der Waals surface area contributed by atoms with Crippen molar-refractivity contribution in [2.24, 2.45) is 5.10 Å². The Morgan fingerprint density at radius 1 is 1.31 bits per heavy atom. The Morgan fingerprint density at radius 2 is 2.09 bits per heavy atom. The first-order chi connectivity index (χ1) is 15.5. The number of nitrogen functional groups attached to an aromatic ring is 1. The van der Waals surface area contributed by atoms with E-state index in [-0.39, 0.29) is 10.6 Å². The van der Waals surface area contributed by atoms with Gasteiger partial charge in [-0.25, -0.2) is 4.98 Å². The molecule has 10 heteroatoms. The molecule has 9 nitrogen and oxygen atoms in total. The molecule has 166 valence electrons. The number of thiazole rings is 1. The molecule has 32 heavy (non-hydrogen) atoms. The minimum Gasteiger partial charge on any atom is -0.496 e. The molecule has 0 unspecified atom stereocenters. The number of aromatic nitrogens is 1. The molecule has 1 fully saturated rings. The third-order valence-corrected chi connectivity index (χ3v) is 6.27. The van der Waals surface area contributed by atoms with E-state index in [1.54, 1.807) is 24.6 Å². The van der Waals surface area contributed by atoms with Gasteiger partial charge in [-0.05, 0) is 36.5 Å². The average molecular weight is 453 g/mol. The van der Waals surface area contributed by atoms with Crippen LogP contribution in [0.5, 0.6) is 5.75 Å². The number of methoxy groups -OCH3 is 1. The summed E-state index contributed by atoms with van der Waals surface area (Å²) in [5.74, 6) is 1.69. The number of nitrogens with one attached hydrogen (secondary N) is 1. The van der Waals surface area contributed by atoms with E-state index in [1.807, 2.05) is 24.3 Å². The standard InChI is InChI=1S/C22H24N6O3S/c1-31-20-5-3-2-4-17(20)16-8-10-27(11-9-16)18-7-6-15(12-19(18)28(29)30)13-24-26-22-25-21(23)14-32-22/h2-7,12-14,16H,8-11,23H2,1H3,(H,25,26). The molecule has 0 atom stereocenters. The maximum atomic E-state index is 11.8. The fraction of sp³-hybridized carbons (Fsp3) is 0.273. The molecule has 1 aromatic heterocycles. The third kappa shape index (κ3) is 4.80. The van der Waals surface area contributed by atoms with Gasteiger partial charge in [0.2, 0.25) is 5.13 Å². The van der Waals surface area contributed by atoms with E-state index in [9.17, 15) is 10.1 Å². The summed E-state index contributed by atoms with van der Waals surface area (Å²) in [7, 11) is 1.68. The summed E-state index contributed by atoms with van der Waals surface area (Å²) >= 11 is 1.33. The molecular formula is C22H24N6O3S. The SMILES string of the molecule is COc1ccccc1C1CCN(c2ccc(C=NNc3nc(N)cs3)cc2[N+](=O)[O-])CC1. The molecule has 3 N–H and O–H groups in total. The number of nitrogens with two attached hydrogens (primary N) is 1. The topological polar surface area (TPSA) is 119 Å². The summed E-state index contributed by atoms with van der Waals surface area (Å²) in [4.78, 5) is 17.6. The summed E-state index contributed by atoms with van der Waals surface area (Å²) in [6, 6.07) is 13.2. The Morgan fingerprint density at radius 3 is 2.78 bits per heavy atom. The second-order valence-corrected chi connectivity index (χ2v) is 8.31. The van der Waals surface area contributed by atoms with Gasteiger partial charge in [-0.1, -0.05) is 24.3 Å². The normalized spacial score (nSPS) is 14.6. The minimum atomic E-state index is -0.339. The molecule has 0 amide bonds. The van der Waals surface area contributed by atoms with Crippen molar-refractivity contribution in [2.75, 3.05) is 36.3 Å². The van der Waals surface area contributed by atoms with E-state index < -0.39 is 0 Å². The molecule has 0 aliphatic carbocycles. The maximum absolute atomic E-state index is 11.8. The lowest BCUT2D eigenvalue weighted by molar-refractivity contribution is -0.384. The van der Waals surface area contributed by atoms with Crippen molar-refractivity contribution >= 4 is 39.9 Å². The number of nitrogens with zero attached hydrogens (tertiary/aromatic N) is 4. The number of nitro groups is 1. The van der Waals surface area contributed by atoms with Gasteiger partial charge in [-0.3, -0.25) is 15.5 Å². The first-order valence-electron chi connectivity index (χ1n) is 10.2. The van der Waals surface area contributed by atoms with Crippen LogP contribution in [0, 0.1) is 10.1 Å². The Labute approximate surface area is 189 Å². The zero-order valence-electron chi connectivity index (χ0n) is 17.6. The van der Waals surface area contributed by atoms with E-state index >= 15 is 0 Å². The van der Waals surface area contributed by atoms with E-state index in [2.05, 4.69) is 26.5 Å². The Hall–Kier alpha value is -3.66. The predicted molar refractivity (Wildman–Crippen MR) is 128 cm³/mol. The predicted octanol–water partition coefficient (Wildman–Crippen LogP) is 4.47. The van der Waals surface area contributed by atoms with Crippen molar-refractivity contribution in [1.82, 2.24) is 4.98 Å². The van der Waals surface area contributed by atoms with Crippen molar-refractivity contribution in [1.29, 1.82) is 0 Å². The number of hydrogen-bond donors (Lipinski definition) is 2. The van der Waals surface area contributed by atoms with Crippen LogP contribution in [0.15, 0.2) is 52.9 Å². The summed E-state index contributed by atoms with van der Waals surface area (Å²) in [5, 5.41) is 18.1. The number of hydrazone groups is 1. The number of nitro benzene ring substituents is 1. The van der Waals surface area contributed by atoms with Crippen molar-refractivity contribution in [3.63, 3.8) is 0 Å². The molecular weight excluding hydrogens is 428 g/mol. The second-order valence-electron chi connectivity index (χ2n) is 7.46. The fourth-order valence-corrected chi connectivity index (χ4v) is 4.52. The molecule has 1 aliphatic heterocycles. The molecule has 0 saturated carbocycles. The number of benzene rings is 2. The van der Waals surface area contributed by atoms with Crippen molar-refractivity contribution in [3.05, 3.63) is 69.1 Å². The van der Waals surface area contributed by atoms with Crippen LogP contribution in [-0.4, -0.2) is 36.3 Å². The van der Waals surface area contributed by atoms with Gasteiger partial charge in [0.1, 0.15) is 17.3 Å². The molecule has 2 heterocycles. The largest absolute Gasteiger partial charge is 0.496 e. The van der Waals surface area contributed by atoms with Crippen LogP contribution in [0.1, 0.15) is 29.9 Å². The lowest BCUT2D eigenvalue weighted by Crippen LogP contribution is -2.33. The van der Waals surface area contributed by atoms with Crippen LogP contribution in [0.25, 0.3) is 0 Å². The highest BCUT2D eigenvalue weighted by atomic mass is 32.1. The molecule has 0 radical (unpaired) electrons.